The van der Waals surface area contributed by atoms with Gasteiger partial charge in [-0.15, -0.1) is 0 Å². The van der Waals surface area contributed by atoms with E-state index in [9.17, 15) is 4.79 Å². The zero-order valence-corrected chi connectivity index (χ0v) is 26.5. The molecule has 3 heterocycles. The predicted molar refractivity (Wildman–Crippen MR) is 178 cm³/mol. The molecule has 8 nitrogen and oxygen atoms in total. The van der Waals surface area contributed by atoms with Crippen molar-refractivity contribution in [3.05, 3.63) is 102 Å². The molecule has 6 rings (SSSR count). The van der Waals surface area contributed by atoms with Gasteiger partial charge in [0.2, 0.25) is 5.91 Å². The molecule has 1 N–H and O–H groups in total. The molecule has 1 saturated heterocycles. The minimum Gasteiger partial charge on any atom is -0.367 e. The van der Waals surface area contributed by atoms with E-state index in [1.54, 1.807) is 4.90 Å². The number of piperazine rings is 1. The SMILES string of the molecule is Cc1nc(CN2CCN(c3cccc4[nH]c(-c5ccc(C(C)(C)C)cc5)nc34)CC2)cn1CC(=O)N(C)Cc1ccccc1. The van der Waals surface area contributed by atoms with Crippen LogP contribution in [-0.2, 0) is 29.8 Å². The number of likely N-dealkylation sites (N-methyl/N-ethyl adjacent to an activating group) is 1. The minimum atomic E-state index is 0.0761. The van der Waals surface area contributed by atoms with E-state index in [0.717, 1.165) is 72.2 Å². The summed E-state index contributed by atoms with van der Waals surface area (Å²) in [6.45, 7) is 14.1. The van der Waals surface area contributed by atoms with Gasteiger partial charge in [0.25, 0.3) is 0 Å². The maximum atomic E-state index is 12.9. The fourth-order valence-electron chi connectivity index (χ4n) is 5.94. The molecule has 0 unspecified atom stereocenters. The van der Waals surface area contributed by atoms with Gasteiger partial charge in [0.15, 0.2) is 0 Å². The quantitative estimate of drug-likeness (QED) is 0.240. The summed E-state index contributed by atoms with van der Waals surface area (Å²) in [5.74, 6) is 1.85. The molecule has 228 valence electrons. The Hall–Kier alpha value is -4.43. The van der Waals surface area contributed by atoms with Crippen LogP contribution in [-0.4, -0.2) is 68.5 Å². The molecule has 3 aromatic carbocycles. The van der Waals surface area contributed by atoms with Crippen molar-refractivity contribution in [1.29, 1.82) is 0 Å². The van der Waals surface area contributed by atoms with E-state index in [4.69, 9.17) is 9.97 Å². The Labute approximate surface area is 260 Å². The number of hydrogen-bond acceptors (Lipinski definition) is 5. The monoisotopic (exact) mass is 589 g/mol. The van der Waals surface area contributed by atoms with Crippen LogP contribution in [0.2, 0.25) is 0 Å². The Morgan fingerprint density at radius 2 is 1.64 bits per heavy atom. The highest BCUT2D eigenvalue weighted by atomic mass is 16.2. The zero-order chi connectivity index (χ0) is 30.8. The second kappa shape index (κ2) is 12.3. The highest BCUT2D eigenvalue weighted by molar-refractivity contribution is 5.91. The second-order valence-corrected chi connectivity index (χ2v) is 13.0. The fourth-order valence-corrected chi connectivity index (χ4v) is 5.94. The summed E-state index contributed by atoms with van der Waals surface area (Å²) < 4.78 is 1.97. The number of aromatic amines is 1. The zero-order valence-electron chi connectivity index (χ0n) is 26.5. The maximum absolute atomic E-state index is 12.9. The Morgan fingerprint density at radius 3 is 2.34 bits per heavy atom. The van der Waals surface area contributed by atoms with Gasteiger partial charge in [-0.3, -0.25) is 9.69 Å². The fraction of sp³-hybridized carbons (Fsp3) is 0.361. The highest BCUT2D eigenvalue weighted by Gasteiger charge is 2.22. The van der Waals surface area contributed by atoms with Crippen LogP contribution in [0.3, 0.4) is 0 Å². The van der Waals surface area contributed by atoms with Crippen LogP contribution >= 0.6 is 0 Å². The third-order valence-corrected chi connectivity index (χ3v) is 8.63. The molecular formula is C36H43N7O. The van der Waals surface area contributed by atoms with Crippen molar-refractivity contribution in [2.24, 2.45) is 0 Å². The molecule has 0 spiro atoms. The number of nitrogens with zero attached hydrogens (tertiary/aromatic N) is 6. The third kappa shape index (κ3) is 6.55. The lowest BCUT2D eigenvalue weighted by Gasteiger charge is -2.35. The van der Waals surface area contributed by atoms with E-state index in [0.29, 0.717) is 13.1 Å². The van der Waals surface area contributed by atoms with Gasteiger partial charge in [-0.25, -0.2) is 9.97 Å². The molecule has 0 atom stereocenters. The molecule has 0 radical (unpaired) electrons. The number of carbonyl (C=O) groups is 1. The summed E-state index contributed by atoms with van der Waals surface area (Å²) in [4.78, 5) is 33.0. The summed E-state index contributed by atoms with van der Waals surface area (Å²) in [5.41, 5.74) is 7.93. The summed E-state index contributed by atoms with van der Waals surface area (Å²) in [5, 5.41) is 0. The first-order chi connectivity index (χ1) is 21.1. The third-order valence-electron chi connectivity index (χ3n) is 8.63. The molecule has 1 aliphatic rings. The van der Waals surface area contributed by atoms with Gasteiger partial charge in [-0.2, -0.15) is 0 Å². The van der Waals surface area contributed by atoms with Crippen LogP contribution in [0, 0.1) is 6.92 Å². The van der Waals surface area contributed by atoms with Crippen molar-refractivity contribution >= 4 is 22.6 Å². The van der Waals surface area contributed by atoms with Crippen molar-refractivity contribution in [3.8, 4) is 11.4 Å². The molecule has 1 aliphatic heterocycles. The summed E-state index contributed by atoms with van der Waals surface area (Å²) in [7, 11) is 1.86. The first-order valence-corrected chi connectivity index (χ1v) is 15.5. The van der Waals surface area contributed by atoms with Gasteiger partial charge in [-0.05, 0) is 35.6 Å². The van der Waals surface area contributed by atoms with Crippen molar-refractivity contribution in [2.45, 2.75) is 52.7 Å². The standard InChI is InChI=1S/C36H43N7O/c1-26-37-30(24-43(26)25-33(44)40(5)22-27-10-7-6-8-11-27)23-41-18-20-42(21-19-41)32-13-9-12-31-34(32)39-35(38-31)28-14-16-29(17-15-28)36(2,3)4/h6-17,24H,18-23,25H2,1-5H3,(H,38,39). The first-order valence-electron chi connectivity index (χ1n) is 15.5. The summed E-state index contributed by atoms with van der Waals surface area (Å²) in [6, 6.07) is 25.2. The van der Waals surface area contributed by atoms with Gasteiger partial charge in [-0.1, -0.05) is 81.4 Å². The van der Waals surface area contributed by atoms with E-state index < -0.39 is 0 Å². The average molecular weight is 590 g/mol. The number of benzene rings is 3. The number of H-pyrrole nitrogens is 1. The largest absolute Gasteiger partial charge is 0.367 e. The lowest BCUT2D eigenvalue weighted by Crippen LogP contribution is -2.46. The van der Waals surface area contributed by atoms with Gasteiger partial charge in [0.1, 0.15) is 23.7 Å². The number of aromatic nitrogens is 4. The van der Waals surface area contributed by atoms with Gasteiger partial charge >= 0.3 is 0 Å². The molecule has 1 amide bonds. The Balaban J connectivity index is 1.07. The van der Waals surface area contributed by atoms with Gasteiger partial charge in [0.05, 0.1) is 16.9 Å². The number of fused-ring (bicyclic) bond motifs is 1. The molecule has 0 bridgehead atoms. The molecule has 0 aliphatic carbocycles. The molecule has 2 aromatic heterocycles. The average Bonchev–Trinajstić information content (AvgIpc) is 3.60. The summed E-state index contributed by atoms with van der Waals surface area (Å²) in [6.07, 6.45) is 2.04. The molecule has 1 fully saturated rings. The summed E-state index contributed by atoms with van der Waals surface area (Å²) >= 11 is 0. The number of nitrogens with one attached hydrogen (secondary N) is 1. The number of imidazole rings is 2. The minimum absolute atomic E-state index is 0.0761. The van der Waals surface area contributed by atoms with Crippen molar-refractivity contribution in [1.82, 2.24) is 29.3 Å². The van der Waals surface area contributed by atoms with Crippen molar-refractivity contribution < 1.29 is 4.79 Å². The van der Waals surface area contributed by atoms with E-state index in [1.807, 2.05) is 55.1 Å². The Morgan fingerprint density at radius 1 is 0.909 bits per heavy atom. The highest BCUT2D eigenvalue weighted by Crippen LogP contribution is 2.30. The number of anilines is 1. The van der Waals surface area contributed by atoms with E-state index in [2.05, 4.69) is 78.0 Å². The normalized spacial score (nSPS) is 14.3. The van der Waals surface area contributed by atoms with Crippen molar-refractivity contribution in [3.63, 3.8) is 0 Å². The maximum Gasteiger partial charge on any atom is 0.242 e. The van der Waals surface area contributed by atoms with E-state index >= 15 is 0 Å². The molecule has 5 aromatic rings. The van der Waals surface area contributed by atoms with Gasteiger partial charge < -0.3 is 19.4 Å². The lowest BCUT2D eigenvalue weighted by atomic mass is 9.87. The molecular weight excluding hydrogens is 546 g/mol. The molecule has 44 heavy (non-hydrogen) atoms. The van der Waals surface area contributed by atoms with Gasteiger partial charge in [0, 0.05) is 58.1 Å². The van der Waals surface area contributed by atoms with Crippen LogP contribution in [0.25, 0.3) is 22.4 Å². The Bertz CT molecular complexity index is 1720. The molecule has 8 heteroatoms. The number of aryl methyl sites for hydroxylation is 1. The topological polar surface area (TPSA) is 73.3 Å². The second-order valence-electron chi connectivity index (χ2n) is 13.0. The van der Waals surface area contributed by atoms with Crippen LogP contribution in [0.1, 0.15) is 43.4 Å². The number of amides is 1. The van der Waals surface area contributed by atoms with Crippen molar-refractivity contribution in [2.75, 3.05) is 38.1 Å². The number of para-hydroxylation sites is 1. The van der Waals surface area contributed by atoms with E-state index in [-0.39, 0.29) is 11.3 Å². The smallest absolute Gasteiger partial charge is 0.242 e. The van der Waals surface area contributed by atoms with Crippen LogP contribution in [0.5, 0.6) is 0 Å². The van der Waals surface area contributed by atoms with Crippen LogP contribution < -0.4 is 4.90 Å². The van der Waals surface area contributed by atoms with E-state index in [1.165, 1.54) is 11.3 Å². The molecule has 0 saturated carbocycles. The predicted octanol–water partition coefficient (Wildman–Crippen LogP) is 6.01. The number of hydrogen-bond donors (Lipinski definition) is 1. The number of rotatable bonds is 8. The van der Waals surface area contributed by atoms with Crippen LogP contribution in [0.15, 0.2) is 79.0 Å². The van der Waals surface area contributed by atoms with Crippen LogP contribution in [0.4, 0.5) is 5.69 Å². The first kappa shape index (κ1) is 29.6. The number of carbonyl (C=O) groups excluding carboxylic acids is 1. The Kier molecular flexibility index (Phi) is 8.27. The lowest BCUT2D eigenvalue weighted by molar-refractivity contribution is -0.131.